The SMILES string of the molecule is Cc1ccc(N(C(CNC(=O)c2ccc(Oc3ccc(C(N)=NO)cc3)cc2)C(=O)OC(C)(C)C)S(=O)[O-])cc1. The minimum atomic E-state index is -2.84. The fourth-order valence-electron chi connectivity index (χ4n) is 3.55. The van der Waals surface area contributed by atoms with Crippen molar-refractivity contribution in [3.8, 4) is 11.5 Å². The molecule has 0 aromatic heterocycles. The van der Waals surface area contributed by atoms with Crippen LogP contribution in [0.2, 0.25) is 0 Å². The van der Waals surface area contributed by atoms with Crippen LogP contribution in [0.1, 0.15) is 42.3 Å². The minimum Gasteiger partial charge on any atom is -0.755 e. The van der Waals surface area contributed by atoms with Crippen molar-refractivity contribution in [2.24, 2.45) is 10.9 Å². The van der Waals surface area contributed by atoms with Gasteiger partial charge in [-0.25, -0.2) is 4.79 Å². The van der Waals surface area contributed by atoms with Gasteiger partial charge in [0.2, 0.25) is 0 Å². The third kappa shape index (κ3) is 8.29. The summed E-state index contributed by atoms with van der Waals surface area (Å²) < 4.78 is 36.6. The fraction of sp³-hybridized carbons (Fsp3) is 0.250. The Kier molecular flexibility index (Phi) is 9.86. The van der Waals surface area contributed by atoms with E-state index in [4.69, 9.17) is 20.4 Å². The van der Waals surface area contributed by atoms with Crippen LogP contribution in [0.15, 0.2) is 78.0 Å². The first-order chi connectivity index (χ1) is 18.9. The summed E-state index contributed by atoms with van der Waals surface area (Å²) in [6, 6.07) is 18.0. The normalized spacial score (nSPS) is 13.2. The molecular formula is C28H31N4O7S-. The molecule has 0 saturated heterocycles. The highest BCUT2D eigenvalue weighted by atomic mass is 32.2. The van der Waals surface area contributed by atoms with E-state index < -0.39 is 34.8 Å². The second-order valence-electron chi connectivity index (χ2n) is 9.77. The van der Waals surface area contributed by atoms with Gasteiger partial charge in [-0.15, -0.1) is 0 Å². The summed E-state index contributed by atoms with van der Waals surface area (Å²) in [6.45, 7) is 6.52. The maximum Gasteiger partial charge on any atom is 0.332 e. The van der Waals surface area contributed by atoms with Gasteiger partial charge in [0.1, 0.15) is 17.1 Å². The first-order valence-corrected chi connectivity index (χ1v) is 13.2. The van der Waals surface area contributed by atoms with Gasteiger partial charge in [-0.3, -0.25) is 13.3 Å². The number of amidine groups is 1. The molecule has 0 aliphatic heterocycles. The number of rotatable bonds is 10. The number of oxime groups is 1. The number of hydrogen-bond acceptors (Lipinski definition) is 8. The molecule has 2 atom stereocenters. The lowest BCUT2D eigenvalue weighted by molar-refractivity contribution is -0.156. The van der Waals surface area contributed by atoms with Crippen LogP contribution in [0.4, 0.5) is 5.69 Å². The Bertz CT molecular complexity index is 1370. The van der Waals surface area contributed by atoms with Crippen LogP contribution in [0.25, 0.3) is 0 Å². The van der Waals surface area contributed by atoms with Crippen molar-refractivity contribution >= 4 is 34.7 Å². The molecule has 3 rings (SSSR count). The maximum absolute atomic E-state index is 13.1. The average molecular weight is 568 g/mol. The molecule has 0 aliphatic rings. The number of aryl methyl sites for hydroxylation is 1. The number of anilines is 1. The molecule has 2 unspecified atom stereocenters. The Morgan fingerprint density at radius 2 is 1.52 bits per heavy atom. The molecule has 0 radical (unpaired) electrons. The van der Waals surface area contributed by atoms with Gasteiger partial charge >= 0.3 is 5.97 Å². The van der Waals surface area contributed by atoms with E-state index in [1.54, 1.807) is 81.4 Å². The molecule has 0 heterocycles. The van der Waals surface area contributed by atoms with Crippen LogP contribution in [0, 0.1) is 6.92 Å². The lowest BCUT2D eigenvalue weighted by Gasteiger charge is -2.35. The van der Waals surface area contributed by atoms with Crippen molar-refractivity contribution in [1.82, 2.24) is 5.32 Å². The summed E-state index contributed by atoms with van der Waals surface area (Å²) >= 11 is -2.84. The van der Waals surface area contributed by atoms with Crippen LogP contribution in [-0.2, 0) is 20.8 Å². The summed E-state index contributed by atoms with van der Waals surface area (Å²) in [5.74, 6) is -0.414. The largest absolute Gasteiger partial charge is 0.755 e. The molecular weight excluding hydrogens is 536 g/mol. The molecule has 0 fully saturated rings. The zero-order valence-electron chi connectivity index (χ0n) is 22.5. The first kappa shape index (κ1) is 30.1. The molecule has 0 aliphatic carbocycles. The van der Waals surface area contributed by atoms with Crippen molar-refractivity contribution in [3.63, 3.8) is 0 Å². The molecule has 3 aromatic carbocycles. The van der Waals surface area contributed by atoms with Gasteiger partial charge in [-0.1, -0.05) is 22.9 Å². The van der Waals surface area contributed by atoms with Gasteiger partial charge in [-0.05, 0) is 88.4 Å². The summed E-state index contributed by atoms with van der Waals surface area (Å²) in [5.41, 5.74) is 6.63. The molecule has 12 heteroatoms. The van der Waals surface area contributed by atoms with Gasteiger partial charge in [0.15, 0.2) is 11.9 Å². The predicted octanol–water partition coefficient (Wildman–Crippen LogP) is 3.62. The van der Waals surface area contributed by atoms with Crippen molar-refractivity contribution in [2.45, 2.75) is 39.3 Å². The Labute approximate surface area is 235 Å². The van der Waals surface area contributed by atoms with E-state index in [-0.39, 0.29) is 23.6 Å². The second kappa shape index (κ2) is 13.1. The molecule has 1 amide bonds. The smallest absolute Gasteiger partial charge is 0.332 e. The Hall–Kier alpha value is -4.42. The molecule has 11 nitrogen and oxygen atoms in total. The Morgan fingerprint density at radius 3 is 2.00 bits per heavy atom. The van der Waals surface area contributed by atoms with Crippen molar-refractivity contribution < 1.29 is 33.0 Å². The van der Waals surface area contributed by atoms with Crippen molar-refractivity contribution in [1.29, 1.82) is 0 Å². The number of nitrogens with two attached hydrogens (primary N) is 1. The number of amides is 1. The first-order valence-electron chi connectivity index (χ1n) is 12.2. The predicted molar refractivity (Wildman–Crippen MR) is 150 cm³/mol. The second-order valence-corrected chi connectivity index (χ2v) is 10.6. The molecule has 0 spiro atoms. The number of esters is 1. The van der Waals surface area contributed by atoms with E-state index in [2.05, 4.69) is 10.5 Å². The number of ether oxygens (including phenoxy) is 2. The zero-order valence-corrected chi connectivity index (χ0v) is 23.3. The van der Waals surface area contributed by atoms with Crippen molar-refractivity contribution in [3.05, 3.63) is 89.5 Å². The van der Waals surface area contributed by atoms with Gasteiger partial charge < -0.3 is 30.3 Å². The highest BCUT2D eigenvalue weighted by Gasteiger charge is 2.32. The zero-order chi connectivity index (χ0) is 29.4. The van der Waals surface area contributed by atoms with Crippen molar-refractivity contribution in [2.75, 3.05) is 10.8 Å². The molecule has 40 heavy (non-hydrogen) atoms. The number of nitrogens with one attached hydrogen (secondary N) is 1. The van der Waals surface area contributed by atoms with E-state index in [1.165, 1.54) is 12.1 Å². The van der Waals surface area contributed by atoms with E-state index in [9.17, 15) is 18.4 Å². The van der Waals surface area contributed by atoms with Crippen LogP contribution in [0.3, 0.4) is 0 Å². The average Bonchev–Trinajstić information content (AvgIpc) is 2.90. The minimum absolute atomic E-state index is 0.0284. The maximum atomic E-state index is 13.1. The fourth-order valence-corrected chi connectivity index (χ4v) is 4.21. The molecule has 212 valence electrons. The number of hydrogen-bond donors (Lipinski definition) is 3. The van der Waals surface area contributed by atoms with Crippen LogP contribution in [-0.4, -0.2) is 49.9 Å². The Balaban J connectivity index is 1.74. The van der Waals surface area contributed by atoms with Gasteiger partial charge in [0.05, 0.1) is 6.54 Å². The summed E-state index contributed by atoms with van der Waals surface area (Å²) in [4.78, 5) is 26.0. The number of carbonyl (C=O) groups is 2. The van der Waals surface area contributed by atoms with Crippen LogP contribution < -0.4 is 20.1 Å². The standard InChI is InChI=1S/C28H32N4O7S/c1-18-5-11-21(12-6-18)32(40(36)37)24(27(34)39-28(2,3)4)17-30-26(33)20-9-15-23(16-10-20)38-22-13-7-19(8-14-22)25(29)31-35/h5-16,24,35H,17H2,1-4H3,(H2,29,31)(H,30,33)(H,36,37)/p-1. The van der Waals surface area contributed by atoms with Gasteiger partial charge in [0.25, 0.3) is 5.91 Å². The van der Waals surface area contributed by atoms with Crippen LogP contribution in [0.5, 0.6) is 11.5 Å². The summed E-state index contributed by atoms with van der Waals surface area (Å²) in [6.07, 6.45) is 0. The highest BCUT2D eigenvalue weighted by molar-refractivity contribution is 7.80. The Morgan fingerprint density at radius 1 is 1.00 bits per heavy atom. The lowest BCUT2D eigenvalue weighted by atomic mass is 10.1. The highest BCUT2D eigenvalue weighted by Crippen LogP contribution is 2.24. The van der Waals surface area contributed by atoms with E-state index in [0.717, 1.165) is 9.87 Å². The molecule has 3 aromatic rings. The number of nitrogens with zero attached hydrogens (tertiary/aromatic N) is 2. The topological polar surface area (TPSA) is 167 Å². The van der Waals surface area contributed by atoms with E-state index in [1.807, 2.05) is 6.92 Å². The molecule has 0 saturated carbocycles. The number of carbonyl (C=O) groups excluding carboxylic acids is 2. The van der Waals surface area contributed by atoms with E-state index >= 15 is 0 Å². The third-order valence-electron chi connectivity index (χ3n) is 5.48. The quantitative estimate of drug-likeness (QED) is 0.0834. The third-order valence-corrected chi connectivity index (χ3v) is 6.26. The van der Waals surface area contributed by atoms with Gasteiger partial charge in [0, 0.05) is 28.1 Å². The number of benzene rings is 3. The lowest BCUT2D eigenvalue weighted by Crippen LogP contribution is -2.51. The van der Waals surface area contributed by atoms with Crippen LogP contribution >= 0.6 is 0 Å². The monoisotopic (exact) mass is 567 g/mol. The summed E-state index contributed by atoms with van der Waals surface area (Å²) in [5, 5.41) is 14.3. The molecule has 0 bridgehead atoms. The summed E-state index contributed by atoms with van der Waals surface area (Å²) in [7, 11) is 0. The molecule has 4 N–H and O–H groups in total. The van der Waals surface area contributed by atoms with E-state index in [0.29, 0.717) is 17.1 Å². The van der Waals surface area contributed by atoms with Gasteiger partial charge in [-0.2, -0.15) is 0 Å².